The van der Waals surface area contributed by atoms with Gasteiger partial charge in [0.05, 0.1) is 35.2 Å². The van der Waals surface area contributed by atoms with Gasteiger partial charge in [-0.05, 0) is 56.3 Å². The smallest absolute Gasteiger partial charge is 0.266 e. The van der Waals surface area contributed by atoms with Crippen molar-refractivity contribution in [2.75, 3.05) is 12.9 Å². The fourth-order valence-electron chi connectivity index (χ4n) is 3.41. The summed E-state index contributed by atoms with van der Waals surface area (Å²) >= 11 is 1.16. The average molecular weight is 489 g/mol. The Balaban J connectivity index is 1.56. The number of para-hydroxylation sites is 1. The van der Waals surface area contributed by atoms with Crippen LogP contribution < -0.4 is 15.7 Å². The van der Waals surface area contributed by atoms with Crippen LogP contribution in [0.5, 0.6) is 11.5 Å². The molecule has 1 aromatic heterocycles. The van der Waals surface area contributed by atoms with Gasteiger partial charge in [-0.15, -0.1) is 0 Å². The van der Waals surface area contributed by atoms with Gasteiger partial charge in [-0.1, -0.05) is 41.6 Å². The number of methoxy groups -OCH3 is 1. The molecule has 0 bridgehead atoms. The van der Waals surface area contributed by atoms with Crippen LogP contribution in [0.25, 0.3) is 16.6 Å². The van der Waals surface area contributed by atoms with E-state index in [0.29, 0.717) is 38.8 Å². The lowest BCUT2D eigenvalue weighted by Gasteiger charge is -2.13. The third-order valence-corrected chi connectivity index (χ3v) is 6.25. The molecule has 0 fully saturated rings. The molecule has 178 valence electrons. The van der Waals surface area contributed by atoms with E-state index in [0.717, 1.165) is 17.3 Å². The molecule has 0 unspecified atom stereocenters. The highest BCUT2D eigenvalue weighted by Crippen LogP contribution is 2.26. The molecule has 0 radical (unpaired) electrons. The predicted molar refractivity (Wildman–Crippen MR) is 138 cm³/mol. The van der Waals surface area contributed by atoms with E-state index in [1.54, 1.807) is 37.3 Å². The molecule has 0 aliphatic rings. The minimum Gasteiger partial charge on any atom is -0.504 e. The Bertz CT molecular complexity index is 1480. The van der Waals surface area contributed by atoms with Gasteiger partial charge in [-0.3, -0.25) is 14.2 Å². The quantitative estimate of drug-likeness (QED) is 0.176. The summed E-state index contributed by atoms with van der Waals surface area (Å²) in [5.41, 5.74) is 5.89. The zero-order valence-corrected chi connectivity index (χ0v) is 20.3. The Kier molecular flexibility index (Phi) is 7.17. The van der Waals surface area contributed by atoms with Crippen LogP contribution in [0, 0.1) is 6.92 Å². The van der Waals surface area contributed by atoms with Gasteiger partial charge in [0, 0.05) is 5.56 Å². The molecule has 4 aromatic rings. The molecule has 1 heterocycles. The van der Waals surface area contributed by atoms with Crippen LogP contribution in [-0.4, -0.2) is 39.1 Å². The monoisotopic (exact) mass is 488 g/mol. The Morgan fingerprint density at radius 2 is 1.89 bits per heavy atom. The zero-order valence-electron chi connectivity index (χ0n) is 19.5. The van der Waals surface area contributed by atoms with E-state index in [1.807, 2.05) is 37.3 Å². The van der Waals surface area contributed by atoms with Crippen molar-refractivity contribution in [2.45, 2.75) is 19.0 Å². The maximum absolute atomic E-state index is 13.3. The normalized spacial score (nSPS) is 11.5. The summed E-state index contributed by atoms with van der Waals surface area (Å²) in [7, 11) is 1.46. The third-order valence-electron chi connectivity index (χ3n) is 5.32. The van der Waals surface area contributed by atoms with Gasteiger partial charge in [0.15, 0.2) is 16.7 Å². The van der Waals surface area contributed by atoms with E-state index in [1.165, 1.54) is 17.7 Å². The number of carbonyl (C=O) groups excluding carboxylic acids is 1. The first-order valence-electron chi connectivity index (χ1n) is 10.8. The summed E-state index contributed by atoms with van der Waals surface area (Å²) in [5.74, 6) is -0.00730. The van der Waals surface area contributed by atoms with Crippen LogP contribution in [0.2, 0.25) is 0 Å². The van der Waals surface area contributed by atoms with Gasteiger partial charge in [-0.2, -0.15) is 5.10 Å². The number of amides is 1. The van der Waals surface area contributed by atoms with Gasteiger partial charge < -0.3 is 9.84 Å². The Morgan fingerprint density at radius 3 is 2.63 bits per heavy atom. The number of phenols is 1. The Morgan fingerprint density at radius 1 is 1.14 bits per heavy atom. The average Bonchev–Trinajstić information content (AvgIpc) is 2.87. The molecule has 35 heavy (non-hydrogen) atoms. The molecule has 1 amide bonds. The number of hydrazone groups is 1. The van der Waals surface area contributed by atoms with E-state index in [-0.39, 0.29) is 23.0 Å². The lowest BCUT2D eigenvalue weighted by molar-refractivity contribution is -0.118. The second kappa shape index (κ2) is 10.4. The van der Waals surface area contributed by atoms with E-state index in [4.69, 9.17) is 4.74 Å². The number of fused-ring (bicyclic) bond motifs is 1. The first-order valence-corrected chi connectivity index (χ1v) is 11.8. The van der Waals surface area contributed by atoms with E-state index < -0.39 is 0 Å². The van der Waals surface area contributed by atoms with Crippen molar-refractivity contribution in [3.63, 3.8) is 0 Å². The second-order valence-corrected chi connectivity index (χ2v) is 8.74. The Labute approximate surface area is 206 Å². The molecule has 3 aromatic carbocycles. The number of hydrogen-bond donors (Lipinski definition) is 2. The van der Waals surface area contributed by atoms with Crippen molar-refractivity contribution < 1.29 is 14.6 Å². The molecule has 0 spiro atoms. The van der Waals surface area contributed by atoms with Crippen molar-refractivity contribution in [1.29, 1.82) is 0 Å². The first-order chi connectivity index (χ1) is 16.9. The molecule has 0 saturated heterocycles. The van der Waals surface area contributed by atoms with Gasteiger partial charge in [0.25, 0.3) is 11.5 Å². The number of benzene rings is 3. The van der Waals surface area contributed by atoms with Crippen LogP contribution in [0.1, 0.15) is 18.1 Å². The fraction of sp³-hybridized carbons (Fsp3) is 0.154. The number of aromatic nitrogens is 2. The number of phenolic OH excluding ortho intramolecular Hbond substituents is 1. The van der Waals surface area contributed by atoms with E-state index in [9.17, 15) is 14.7 Å². The molecular weight excluding hydrogens is 464 g/mol. The summed E-state index contributed by atoms with van der Waals surface area (Å²) < 4.78 is 6.64. The third kappa shape index (κ3) is 5.36. The minimum absolute atomic E-state index is 0.00627. The van der Waals surface area contributed by atoms with Gasteiger partial charge >= 0.3 is 0 Å². The van der Waals surface area contributed by atoms with Gasteiger partial charge in [-0.25, -0.2) is 10.4 Å². The molecular formula is C26H24N4O4S. The van der Waals surface area contributed by atoms with Crippen molar-refractivity contribution in [3.05, 3.63) is 88.2 Å². The summed E-state index contributed by atoms with van der Waals surface area (Å²) in [6.45, 7) is 3.71. The van der Waals surface area contributed by atoms with Gasteiger partial charge in [0.1, 0.15) is 0 Å². The lowest BCUT2D eigenvalue weighted by atomic mass is 10.1. The molecule has 0 aliphatic carbocycles. The van der Waals surface area contributed by atoms with Crippen molar-refractivity contribution in [1.82, 2.24) is 15.0 Å². The van der Waals surface area contributed by atoms with Crippen LogP contribution in [0.3, 0.4) is 0 Å². The zero-order chi connectivity index (χ0) is 24.9. The summed E-state index contributed by atoms with van der Waals surface area (Å²) in [5, 5.41) is 14.8. The topological polar surface area (TPSA) is 106 Å². The predicted octanol–water partition coefficient (Wildman–Crippen LogP) is 4.04. The SMILES string of the molecule is COc1cc(/C(C)=N/NC(=O)CSc2nc3ccccc3c(=O)n2-c2ccc(C)cc2)ccc1O. The maximum atomic E-state index is 13.3. The maximum Gasteiger partial charge on any atom is 0.266 e. The minimum atomic E-state index is -0.349. The number of aromatic hydroxyl groups is 1. The molecule has 0 atom stereocenters. The molecule has 0 aliphatic heterocycles. The number of hydrogen-bond acceptors (Lipinski definition) is 7. The lowest BCUT2D eigenvalue weighted by Crippen LogP contribution is -2.24. The highest BCUT2D eigenvalue weighted by molar-refractivity contribution is 7.99. The molecule has 0 saturated carbocycles. The van der Waals surface area contributed by atoms with Crippen LogP contribution in [0.15, 0.2) is 81.8 Å². The van der Waals surface area contributed by atoms with Crippen LogP contribution >= 0.6 is 11.8 Å². The molecule has 2 N–H and O–H groups in total. The van der Waals surface area contributed by atoms with Crippen molar-refractivity contribution in [3.8, 4) is 17.2 Å². The standard InChI is InChI=1S/C26H24N4O4S/c1-16-8-11-19(12-9-16)30-25(33)20-6-4-5-7-21(20)27-26(30)35-15-24(32)29-28-17(2)18-10-13-22(31)23(14-18)34-3/h4-14,31H,15H2,1-3H3,(H,29,32)/b28-17+. The van der Waals surface area contributed by atoms with Crippen LogP contribution in [0.4, 0.5) is 0 Å². The summed E-state index contributed by atoms with van der Waals surface area (Å²) in [6, 6.07) is 19.5. The number of nitrogens with one attached hydrogen (secondary N) is 1. The molecule has 9 heteroatoms. The van der Waals surface area contributed by atoms with E-state index in [2.05, 4.69) is 15.5 Å². The Hall–Kier alpha value is -4.11. The van der Waals surface area contributed by atoms with Crippen molar-refractivity contribution >= 4 is 34.3 Å². The summed E-state index contributed by atoms with van der Waals surface area (Å²) in [4.78, 5) is 30.5. The number of nitrogens with zero attached hydrogens (tertiary/aromatic N) is 3. The van der Waals surface area contributed by atoms with Gasteiger partial charge in [0.2, 0.25) is 0 Å². The second-order valence-electron chi connectivity index (χ2n) is 7.80. The van der Waals surface area contributed by atoms with E-state index >= 15 is 0 Å². The number of aryl methyl sites for hydroxylation is 1. The van der Waals surface area contributed by atoms with Crippen LogP contribution in [-0.2, 0) is 4.79 Å². The van der Waals surface area contributed by atoms with Crippen molar-refractivity contribution in [2.24, 2.45) is 5.10 Å². The fourth-order valence-corrected chi connectivity index (χ4v) is 4.21. The molecule has 4 rings (SSSR count). The highest BCUT2D eigenvalue weighted by Gasteiger charge is 2.15. The number of carbonyl (C=O) groups is 1. The number of thioether (sulfide) groups is 1. The summed E-state index contributed by atoms with van der Waals surface area (Å²) in [6.07, 6.45) is 0. The highest BCUT2D eigenvalue weighted by atomic mass is 32.2. The number of rotatable bonds is 7. The first kappa shape index (κ1) is 24.0. The molecule has 8 nitrogen and oxygen atoms in total. The largest absolute Gasteiger partial charge is 0.504 e. The number of ether oxygens (including phenoxy) is 1.